The summed E-state index contributed by atoms with van der Waals surface area (Å²) in [5.74, 6) is 0.742. The smallest absolute Gasteiger partial charge is 0.0815 e. The Kier molecular flexibility index (Phi) is 4.57. The zero-order chi connectivity index (χ0) is 17.4. The monoisotopic (exact) mass is 351 g/mol. The van der Waals surface area contributed by atoms with Crippen LogP contribution in [0.15, 0.2) is 35.8 Å². The van der Waals surface area contributed by atoms with E-state index < -0.39 is 0 Å². The maximum absolute atomic E-state index is 4.50. The predicted octanol–water partition coefficient (Wildman–Crippen LogP) is 4.93. The second-order valence-electron chi connectivity index (χ2n) is 7.37. The zero-order valence-electron chi connectivity index (χ0n) is 15.2. The number of rotatable bonds is 4. The van der Waals surface area contributed by atoms with Crippen LogP contribution < -0.4 is 0 Å². The first kappa shape index (κ1) is 16.7. The first-order valence-corrected chi connectivity index (χ1v) is 9.98. The van der Waals surface area contributed by atoms with Gasteiger partial charge in [0.1, 0.15) is 0 Å². The second kappa shape index (κ2) is 6.85. The number of hydrogen-bond donors (Lipinski definition) is 0. The van der Waals surface area contributed by atoms with Crippen molar-refractivity contribution >= 4 is 21.6 Å². The molecule has 4 heteroatoms. The van der Waals surface area contributed by atoms with E-state index in [0.29, 0.717) is 6.04 Å². The Bertz CT molecular complexity index is 865. The van der Waals surface area contributed by atoms with Crippen LogP contribution in [0.4, 0.5) is 0 Å². The molecule has 3 aromatic rings. The van der Waals surface area contributed by atoms with Gasteiger partial charge in [0.05, 0.1) is 15.7 Å². The lowest BCUT2D eigenvalue weighted by Crippen LogP contribution is -2.24. The molecule has 130 valence electrons. The van der Waals surface area contributed by atoms with E-state index in [1.54, 1.807) is 11.3 Å². The molecule has 0 spiro atoms. The van der Waals surface area contributed by atoms with Gasteiger partial charge in [0.2, 0.25) is 0 Å². The van der Waals surface area contributed by atoms with Crippen molar-refractivity contribution in [3.8, 4) is 0 Å². The number of pyridine rings is 1. The minimum atomic E-state index is 0.456. The fraction of sp³-hybridized carbons (Fsp3) is 0.429. The SMILES string of the molecule is Cc1cc(CC2CCN(C(C)c3ccc4scnc4c3)C2)cc(C)n1. The van der Waals surface area contributed by atoms with Crippen molar-refractivity contribution in [2.75, 3.05) is 13.1 Å². The molecule has 1 fully saturated rings. The van der Waals surface area contributed by atoms with Crippen molar-refractivity contribution in [3.05, 3.63) is 58.4 Å². The van der Waals surface area contributed by atoms with Crippen LogP contribution in [0.25, 0.3) is 10.2 Å². The molecule has 1 aromatic carbocycles. The molecule has 1 saturated heterocycles. The maximum Gasteiger partial charge on any atom is 0.0815 e. The predicted molar refractivity (Wildman–Crippen MR) is 105 cm³/mol. The van der Waals surface area contributed by atoms with E-state index in [0.717, 1.165) is 22.8 Å². The quantitative estimate of drug-likeness (QED) is 0.667. The van der Waals surface area contributed by atoms with E-state index in [1.807, 2.05) is 5.51 Å². The van der Waals surface area contributed by atoms with Gasteiger partial charge in [-0.1, -0.05) is 6.07 Å². The number of hydrogen-bond acceptors (Lipinski definition) is 4. The summed E-state index contributed by atoms with van der Waals surface area (Å²) in [6.07, 6.45) is 2.45. The molecular weight excluding hydrogens is 326 g/mol. The van der Waals surface area contributed by atoms with Gasteiger partial charge in [-0.15, -0.1) is 11.3 Å². The number of nitrogens with zero attached hydrogens (tertiary/aromatic N) is 3. The number of aromatic nitrogens is 2. The van der Waals surface area contributed by atoms with Crippen LogP contribution >= 0.6 is 11.3 Å². The van der Waals surface area contributed by atoms with Crippen LogP contribution in [-0.4, -0.2) is 28.0 Å². The molecule has 0 amide bonds. The average Bonchev–Trinajstić information content (AvgIpc) is 3.21. The standard InChI is InChI=1S/C21H25N3S/c1-14-8-18(9-15(2)23-14)10-17-6-7-24(12-17)16(3)19-4-5-21-20(11-19)22-13-25-21/h4-5,8-9,11,13,16-17H,6-7,10,12H2,1-3H3. The Morgan fingerprint density at radius 1 is 1.20 bits per heavy atom. The molecule has 0 saturated carbocycles. The number of aryl methyl sites for hydroxylation is 2. The third kappa shape index (κ3) is 3.60. The van der Waals surface area contributed by atoms with Crippen LogP contribution in [-0.2, 0) is 6.42 Å². The summed E-state index contributed by atoms with van der Waals surface area (Å²) in [6.45, 7) is 8.87. The molecule has 3 heterocycles. The van der Waals surface area contributed by atoms with Gasteiger partial charge >= 0.3 is 0 Å². The van der Waals surface area contributed by atoms with Crippen LogP contribution in [0.5, 0.6) is 0 Å². The summed E-state index contributed by atoms with van der Waals surface area (Å²) in [7, 11) is 0. The maximum atomic E-state index is 4.50. The minimum absolute atomic E-state index is 0.456. The third-order valence-electron chi connectivity index (χ3n) is 5.37. The van der Waals surface area contributed by atoms with Gasteiger partial charge < -0.3 is 0 Å². The summed E-state index contributed by atoms with van der Waals surface area (Å²) in [4.78, 5) is 11.6. The molecule has 4 rings (SSSR count). The van der Waals surface area contributed by atoms with Gasteiger partial charge in [-0.3, -0.25) is 9.88 Å². The number of fused-ring (bicyclic) bond motifs is 1. The number of benzene rings is 1. The van der Waals surface area contributed by atoms with Crippen molar-refractivity contribution in [2.24, 2.45) is 5.92 Å². The first-order chi connectivity index (χ1) is 12.1. The number of thiazole rings is 1. The minimum Gasteiger partial charge on any atom is -0.296 e. The lowest BCUT2D eigenvalue weighted by Gasteiger charge is -2.25. The van der Waals surface area contributed by atoms with Crippen LogP contribution in [0.2, 0.25) is 0 Å². The molecule has 1 aliphatic rings. The van der Waals surface area contributed by atoms with Crippen molar-refractivity contribution in [3.63, 3.8) is 0 Å². The third-order valence-corrected chi connectivity index (χ3v) is 6.18. The highest BCUT2D eigenvalue weighted by molar-refractivity contribution is 7.16. The molecule has 2 aromatic heterocycles. The van der Waals surface area contributed by atoms with Gasteiger partial charge in [0, 0.05) is 24.0 Å². The Hall–Kier alpha value is -1.78. The summed E-state index contributed by atoms with van der Waals surface area (Å²) in [6, 6.07) is 11.7. The zero-order valence-corrected chi connectivity index (χ0v) is 16.0. The Morgan fingerprint density at radius 3 is 2.80 bits per heavy atom. The Balaban J connectivity index is 1.44. The van der Waals surface area contributed by atoms with E-state index in [1.165, 1.54) is 41.8 Å². The molecule has 2 atom stereocenters. The molecule has 0 bridgehead atoms. The number of likely N-dealkylation sites (tertiary alicyclic amines) is 1. The first-order valence-electron chi connectivity index (χ1n) is 9.10. The molecule has 0 aliphatic carbocycles. The van der Waals surface area contributed by atoms with E-state index >= 15 is 0 Å². The van der Waals surface area contributed by atoms with Gasteiger partial charge in [0.25, 0.3) is 0 Å². The molecule has 1 aliphatic heterocycles. The molecule has 0 radical (unpaired) electrons. The highest BCUT2D eigenvalue weighted by Crippen LogP contribution is 2.31. The van der Waals surface area contributed by atoms with E-state index in [2.05, 4.69) is 66.0 Å². The van der Waals surface area contributed by atoms with Gasteiger partial charge in [-0.05, 0) is 81.5 Å². The highest BCUT2D eigenvalue weighted by atomic mass is 32.1. The van der Waals surface area contributed by atoms with Crippen molar-refractivity contribution < 1.29 is 0 Å². The van der Waals surface area contributed by atoms with Crippen LogP contribution in [0.1, 0.15) is 41.9 Å². The Morgan fingerprint density at radius 2 is 2.00 bits per heavy atom. The van der Waals surface area contributed by atoms with Crippen LogP contribution in [0, 0.1) is 19.8 Å². The summed E-state index contributed by atoms with van der Waals surface area (Å²) < 4.78 is 1.28. The van der Waals surface area contributed by atoms with Crippen LogP contribution in [0.3, 0.4) is 0 Å². The average molecular weight is 352 g/mol. The van der Waals surface area contributed by atoms with Gasteiger partial charge in [0.15, 0.2) is 0 Å². The fourth-order valence-electron chi connectivity index (χ4n) is 4.10. The van der Waals surface area contributed by atoms with Gasteiger partial charge in [-0.2, -0.15) is 0 Å². The van der Waals surface area contributed by atoms with Crippen molar-refractivity contribution in [1.82, 2.24) is 14.9 Å². The summed E-state index contributed by atoms with van der Waals surface area (Å²) in [5, 5.41) is 0. The van der Waals surface area contributed by atoms with Gasteiger partial charge in [-0.25, -0.2) is 4.98 Å². The fourth-order valence-corrected chi connectivity index (χ4v) is 4.76. The van der Waals surface area contributed by atoms with E-state index in [9.17, 15) is 0 Å². The molecule has 3 nitrogen and oxygen atoms in total. The highest BCUT2D eigenvalue weighted by Gasteiger charge is 2.27. The lowest BCUT2D eigenvalue weighted by atomic mass is 9.98. The largest absolute Gasteiger partial charge is 0.296 e. The second-order valence-corrected chi connectivity index (χ2v) is 8.25. The van der Waals surface area contributed by atoms with E-state index in [-0.39, 0.29) is 0 Å². The van der Waals surface area contributed by atoms with E-state index in [4.69, 9.17) is 0 Å². The normalized spacial score (nSPS) is 19.6. The molecule has 0 N–H and O–H groups in total. The summed E-state index contributed by atoms with van der Waals surface area (Å²) >= 11 is 1.71. The lowest BCUT2D eigenvalue weighted by molar-refractivity contribution is 0.252. The van der Waals surface area contributed by atoms with Crippen molar-refractivity contribution in [2.45, 2.75) is 39.7 Å². The molecule has 2 unspecified atom stereocenters. The van der Waals surface area contributed by atoms with Crippen molar-refractivity contribution in [1.29, 1.82) is 0 Å². The topological polar surface area (TPSA) is 29.0 Å². The Labute approximate surface area is 153 Å². The molecular formula is C21H25N3S. The summed E-state index contributed by atoms with van der Waals surface area (Å²) in [5.41, 5.74) is 8.16. The molecule has 25 heavy (non-hydrogen) atoms.